The van der Waals surface area contributed by atoms with E-state index in [2.05, 4.69) is 11.8 Å². The molecule has 0 spiro atoms. The van der Waals surface area contributed by atoms with E-state index in [9.17, 15) is 9.90 Å². The fourth-order valence-electron chi connectivity index (χ4n) is 5.66. The normalized spacial score (nSPS) is 23.6. The topological polar surface area (TPSA) is 59.0 Å². The molecule has 2 aliphatic heterocycles. The van der Waals surface area contributed by atoms with Gasteiger partial charge in [-0.1, -0.05) is 46.1 Å². The predicted octanol–water partition coefficient (Wildman–Crippen LogP) is 5.55. The lowest BCUT2D eigenvalue weighted by atomic mass is 9.88. The Kier molecular flexibility index (Phi) is 9.42. The van der Waals surface area contributed by atoms with Crippen LogP contribution in [0.25, 0.3) is 0 Å². The molecule has 0 radical (unpaired) electrons. The Labute approximate surface area is 194 Å². The molecule has 3 aliphatic rings. The van der Waals surface area contributed by atoms with Gasteiger partial charge in [-0.2, -0.15) is 0 Å². The summed E-state index contributed by atoms with van der Waals surface area (Å²) in [6.45, 7) is 5.23. The van der Waals surface area contributed by atoms with Gasteiger partial charge in [0.05, 0.1) is 6.10 Å². The van der Waals surface area contributed by atoms with Gasteiger partial charge in [0, 0.05) is 37.9 Å². The van der Waals surface area contributed by atoms with Gasteiger partial charge >= 0.3 is 0 Å². The van der Waals surface area contributed by atoms with Crippen molar-refractivity contribution < 1.29 is 19.4 Å². The highest BCUT2D eigenvalue weighted by Crippen LogP contribution is 2.40. The van der Waals surface area contributed by atoms with Crippen LogP contribution in [-0.4, -0.2) is 48.1 Å². The highest BCUT2D eigenvalue weighted by molar-refractivity contribution is 5.78. The first kappa shape index (κ1) is 25.0. The van der Waals surface area contributed by atoms with E-state index < -0.39 is 6.10 Å². The number of piperidine rings is 1. The summed E-state index contributed by atoms with van der Waals surface area (Å²) in [7, 11) is 0. The Morgan fingerprint density at radius 3 is 2.62 bits per heavy atom. The Morgan fingerprint density at radius 1 is 1.12 bits per heavy atom. The summed E-state index contributed by atoms with van der Waals surface area (Å²) in [4.78, 5) is 15.4. The van der Waals surface area contributed by atoms with E-state index in [1.807, 2.05) is 18.2 Å². The van der Waals surface area contributed by atoms with Crippen molar-refractivity contribution in [3.05, 3.63) is 23.8 Å². The maximum atomic E-state index is 12.8. The van der Waals surface area contributed by atoms with Crippen molar-refractivity contribution in [3.8, 4) is 11.5 Å². The van der Waals surface area contributed by atoms with E-state index in [4.69, 9.17) is 9.47 Å². The molecule has 2 fully saturated rings. The van der Waals surface area contributed by atoms with Crippen molar-refractivity contribution in [1.29, 1.82) is 0 Å². The minimum Gasteiger partial charge on any atom is -0.486 e. The molecule has 5 nitrogen and oxygen atoms in total. The second kappa shape index (κ2) is 12.0. The number of ether oxygens (including phenoxy) is 2. The van der Waals surface area contributed by atoms with Crippen molar-refractivity contribution in [3.63, 3.8) is 0 Å². The highest BCUT2D eigenvalue weighted by atomic mass is 16.6. The molecule has 1 aromatic carbocycles. The first-order valence-electron chi connectivity index (χ1n) is 12.5. The first-order chi connectivity index (χ1) is 15.1. The van der Waals surface area contributed by atoms with Crippen LogP contribution in [0, 0.1) is 11.8 Å². The largest absolute Gasteiger partial charge is 0.486 e. The summed E-state index contributed by atoms with van der Waals surface area (Å²) in [6.07, 6.45) is 10.1. The number of hydrogen-bond donors (Lipinski definition) is 1. The Morgan fingerprint density at radius 2 is 1.91 bits per heavy atom. The average molecular weight is 446 g/mol. The summed E-state index contributed by atoms with van der Waals surface area (Å²) in [5.74, 6) is 2.46. The lowest BCUT2D eigenvalue weighted by Gasteiger charge is -2.33. The third kappa shape index (κ3) is 6.26. The molecule has 1 saturated heterocycles. The van der Waals surface area contributed by atoms with Crippen LogP contribution in [-0.2, 0) is 4.79 Å². The molecule has 4 atom stereocenters. The summed E-state index contributed by atoms with van der Waals surface area (Å²) in [5, 5.41) is 11.3. The molecule has 32 heavy (non-hydrogen) atoms. The van der Waals surface area contributed by atoms with E-state index in [1.165, 1.54) is 38.5 Å². The molecule has 2 heterocycles. The first-order valence-corrected chi connectivity index (χ1v) is 12.5. The molecular formula is C27H43NO4. The van der Waals surface area contributed by atoms with Gasteiger partial charge in [-0.3, -0.25) is 9.69 Å². The molecule has 1 N–H and O–H groups in total. The second-order valence-corrected chi connectivity index (χ2v) is 9.80. The standard InChI is InChI=1S/C26H39NO4.CH4/c1-2-3-4-5-6-7-23(28)15-21(18-27-17-19-8-10-22(27)14-19)26(29)20-9-11-24-25(16-20)31-13-12-30-24;/h9,11,16,19,21-22,26,29H,2-8,10,12-15,17-18H2,1H3;1H4/t19-,21-,22+,26-;/m1./s1. The van der Waals surface area contributed by atoms with Crippen LogP contribution in [0.4, 0.5) is 0 Å². The van der Waals surface area contributed by atoms with E-state index in [-0.39, 0.29) is 13.3 Å². The van der Waals surface area contributed by atoms with Gasteiger partial charge in [-0.15, -0.1) is 0 Å². The number of fused-ring (bicyclic) bond motifs is 3. The van der Waals surface area contributed by atoms with Crippen LogP contribution in [0.15, 0.2) is 18.2 Å². The number of aliphatic hydroxyl groups is 1. The van der Waals surface area contributed by atoms with Crippen molar-refractivity contribution in [2.45, 2.75) is 90.7 Å². The third-order valence-corrected chi connectivity index (χ3v) is 7.39. The van der Waals surface area contributed by atoms with Gasteiger partial charge in [-0.25, -0.2) is 0 Å². The fraction of sp³-hybridized carbons (Fsp3) is 0.741. The van der Waals surface area contributed by atoms with E-state index in [1.54, 1.807) is 0 Å². The van der Waals surface area contributed by atoms with Crippen LogP contribution >= 0.6 is 0 Å². The SMILES string of the molecule is C.CCCCCCCC(=O)C[C@H](CN1C[C@@H]2CC[C@H]1C2)[C@H](O)c1ccc2c(c1)OCCO2. The van der Waals surface area contributed by atoms with Crippen molar-refractivity contribution in [2.24, 2.45) is 11.8 Å². The minimum atomic E-state index is -0.668. The zero-order valence-corrected chi connectivity index (χ0v) is 19.1. The molecular weight excluding hydrogens is 402 g/mol. The molecule has 4 rings (SSSR count). The number of benzene rings is 1. The van der Waals surface area contributed by atoms with Gasteiger partial charge in [-0.05, 0) is 49.3 Å². The zero-order chi connectivity index (χ0) is 21.6. The number of hydrogen-bond acceptors (Lipinski definition) is 5. The number of likely N-dealkylation sites (tertiary alicyclic amines) is 1. The van der Waals surface area contributed by atoms with Crippen molar-refractivity contribution in [1.82, 2.24) is 4.90 Å². The van der Waals surface area contributed by atoms with Gasteiger partial charge in [0.25, 0.3) is 0 Å². The van der Waals surface area contributed by atoms with Crippen molar-refractivity contribution in [2.75, 3.05) is 26.3 Å². The maximum Gasteiger partial charge on any atom is 0.161 e. The second-order valence-electron chi connectivity index (χ2n) is 9.80. The van der Waals surface area contributed by atoms with Crippen LogP contribution in [0.2, 0.25) is 0 Å². The summed E-state index contributed by atoms with van der Waals surface area (Å²) >= 11 is 0. The third-order valence-electron chi connectivity index (χ3n) is 7.39. The Bertz CT molecular complexity index is 736. The quantitative estimate of drug-likeness (QED) is 0.428. The molecule has 0 aromatic heterocycles. The van der Waals surface area contributed by atoms with Crippen LogP contribution < -0.4 is 9.47 Å². The van der Waals surface area contributed by atoms with E-state index in [0.717, 1.165) is 43.2 Å². The van der Waals surface area contributed by atoms with Crippen molar-refractivity contribution >= 4 is 5.78 Å². The highest BCUT2D eigenvalue weighted by Gasteiger charge is 2.39. The molecule has 1 aromatic rings. The van der Waals surface area contributed by atoms with Crippen LogP contribution in [0.1, 0.15) is 90.2 Å². The predicted molar refractivity (Wildman–Crippen MR) is 128 cm³/mol. The molecule has 0 unspecified atom stereocenters. The van der Waals surface area contributed by atoms with Gasteiger partial charge in [0.15, 0.2) is 11.5 Å². The molecule has 180 valence electrons. The fourth-order valence-corrected chi connectivity index (χ4v) is 5.66. The number of aliphatic hydroxyl groups excluding tert-OH is 1. The van der Waals surface area contributed by atoms with Gasteiger partial charge in [0.1, 0.15) is 19.0 Å². The molecule has 1 saturated carbocycles. The summed E-state index contributed by atoms with van der Waals surface area (Å²) in [6, 6.07) is 6.36. The molecule has 0 amide bonds. The molecule has 1 aliphatic carbocycles. The number of nitrogens with zero attached hydrogens (tertiary/aromatic N) is 1. The lowest BCUT2D eigenvalue weighted by Crippen LogP contribution is -2.38. The minimum absolute atomic E-state index is 0. The maximum absolute atomic E-state index is 12.8. The Balaban J connectivity index is 0.00000289. The van der Waals surface area contributed by atoms with Gasteiger partial charge in [0.2, 0.25) is 0 Å². The van der Waals surface area contributed by atoms with Crippen LogP contribution in [0.5, 0.6) is 11.5 Å². The average Bonchev–Trinajstić information content (AvgIpc) is 3.41. The number of rotatable bonds is 12. The number of ketones is 1. The smallest absolute Gasteiger partial charge is 0.161 e. The van der Waals surface area contributed by atoms with Crippen LogP contribution in [0.3, 0.4) is 0 Å². The monoisotopic (exact) mass is 445 g/mol. The number of carbonyl (C=O) groups is 1. The van der Waals surface area contributed by atoms with Gasteiger partial charge < -0.3 is 14.6 Å². The van der Waals surface area contributed by atoms with E-state index >= 15 is 0 Å². The Hall–Kier alpha value is -1.59. The summed E-state index contributed by atoms with van der Waals surface area (Å²) in [5.41, 5.74) is 0.828. The number of carbonyl (C=O) groups excluding carboxylic acids is 1. The number of unbranched alkanes of at least 4 members (excludes halogenated alkanes) is 4. The number of Topliss-reactive ketones (excluding diaryl/α,β-unsaturated/α-hetero) is 1. The molecule has 5 heteroatoms. The zero-order valence-electron chi connectivity index (χ0n) is 19.1. The van der Waals surface area contributed by atoms with E-state index in [0.29, 0.717) is 43.6 Å². The molecule has 2 bridgehead atoms. The summed E-state index contributed by atoms with van der Waals surface area (Å²) < 4.78 is 11.3. The lowest BCUT2D eigenvalue weighted by molar-refractivity contribution is -0.121.